The van der Waals surface area contributed by atoms with E-state index in [1.54, 1.807) is 15.4 Å². The number of rotatable bonds is 5. The highest BCUT2D eigenvalue weighted by Crippen LogP contribution is 2.33. The number of anilines is 1. The van der Waals surface area contributed by atoms with Crippen molar-refractivity contribution < 1.29 is 9.47 Å². The monoisotopic (exact) mass is 479 g/mol. The highest BCUT2D eigenvalue weighted by atomic mass is 35.5. The third-order valence-electron chi connectivity index (χ3n) is 5.82. The topological polar surface area (TPSA) is 83.2 Å². The molecule has 0 radical (unpaired) electrons. The lowest BCUT2D eigenvalue weighted by atomic mass is 10.1. The summed E-state index contributed by atoms with van der Waals surface area (Å²) < 4.78 is 14.4. The van der Waals surface area contributed by atoms with E-state index in [0.29, 0.717) is 40.0 Å². The number of fused-ring (bicyclic) bond motifs is 2. The smallest absolute Gasteiger partial charge is 0.266 e. The maximum Gasteiger partial charge on any atom is 0.266 e. The number of ether oxygens (including phenoxy) is 2. The SMILES string of the molecule is C[C@@H](Nc1nc2c(cnn2C(C)(C)C)c(=O)n1Cc1ccc2c(c1)OCO2)c1ccc(Cl)cc1. The number of nitrogens with one attached hydrogen (secondary N) is 1. The summed E-state index contributed by atoms with van der Waals surface area (Å²) in [4.78, 5) is 18.5. The highest BCUT2D eigenvalue weighted by molar-refractivity contribution is 6.30. The molecular weight excluding hydrogens is 454 g/mol. The van der Waals surface area contributed by atoms with Gasteiger partial charge in [0, 0.05) is 5.02 Å². The van der Waals surface area contributed by atoms with Gasteiger partial charge in [-0.15, -0.1) is 0 Å². The summed E-state index contributed by atoms with van der Waals surface area (Å²) in [6.45, 7) is 8.62. The molecule has 0 saturated carbocycles. The maximum absolute atomic E-state index is 13.6. The second kappa shape index (κ2) is 8.36. The Labute approximate surface area is 202 Å². The second-order valence-corrected chi connectivity index (χ2v) is 9.83. The summed E-state index contributed by atoms with van der Waals surface area (Å²) in [6.07, 6.45) is 1.60. The first-order valence-electron chi connectivity index (χ1n) is 11.1. The van der Waals surface area contributed by atoms with Crippen molar-refractivity contribution in [1.82, 2.24) is 19.3 Å². The molecule has 176 valence electrons. The molecule has 5 rings (SSSR count). The molecule has 0 aliphatic carbocycles. The molecule has 0 bridgehead atoms. The summed E-state index contributed by atoms with van der Waals surface area (Å²) in [5, 5.41) is 9.05. The molecule has 1 N–H and O–H groups in total. The lowest BCUT2D eigenvalue weighted by Crippen LogP contribution is -2.28. The minimum absolute atomic E-state index is 0.115. The van der Waals surface area contributed by atoms with Gasteiger partial charge in [-0.1, -0.05) is 29.8 Å². The molecule has 0 spiro atoms. The van der Waals surface area contributed by atoms with Gasteiger partial charge in [-0.2, -0.15) is 10.1 Å². The first-order chi connectivity index (χ1) is 16.2. The van der Waals surface area contributed by atoms with Crippen LogP contribution < -0.4 is 20.3 Å². The van der Waals surface area contributed by atoms with E-state index in [0.717, 1.165) is 11.1 Å². The van der Waals surface area contributed by atoms with Crippen LogP contribution in [-0.2, 0) is 12.1 Å². The Morgan fingerprint density at radius 1 is 1.12 bits per heavy atom. The van der Waals surface area contributed by atoms with Gasteiger partial charge in [0.2, 0.25) is 12.7 Å². The molecule has 3 heterocycles. The molecule has 2 aromatic heterocycles. The lowest BCUT2D eigenvalue weighted by molar-refractivity contribution is 0.174. The van der Waals surface area contributed by atoms with Crippen LogP contribution in [0.15, 0.2) is 53.5 Å². The minimum Gasteiger partial charge on any atom is -0.454 e. The first kappa shape index (κ1) is 22.3. The van der Waals surface area contributed by atoms with Gasteiger partial charge in [0.25, 0.3) is 5.56 Å². The Bertz CT molecular complexity index is 1420. The average Bonchev–Trinajstić information content (AvgIpc) is 3.43. The van der Waals surface area contributed by atoms with Crippen molar-refractivity contribution >= 4 is 28.6 Å². The Balaban J connectivity index is 1.61. The fourth-order valence-electron chi connectivity index (χ4n) is 4.00. The molecular formula is C25H26ClN5O3. The van der Waals surface area contributed by atoms with Crippen molar-refractivity contribution in [3.63, 3.8) is 0 Å². The summed E-state index contributed by atoms with van der Waals surface area (Å²) >= 11 is 6.06. The van der Waals surface area contributed by atoms with Gasteiger partial charge in [-0.3, -0.25) is 9.36 Å². The largest absolute Gasteiger partial charge is 0.454 e. The van der Waals surface area contributed by atoms with Gasteiger partial charge in [0.15, 0.2) is 17.1 Å². The lowest BCUT2D eigenvalue weighted by Gasteiger charge is -2.22. The van der Waals surface area contributed by atoms with Crippen LogP contribution in [0.25, 0.3) is 11.0 Å². The zero-order valence-electron chi connectivity index (χ0n) is 19.5. The Hall–Kier alpha value is -3.52. The Morgan fingerprint density at radius 2 is 1.85 bits per heavy atom. The summed E-state index contributed by atoms with van der Waals surface area (Å²) in [7, 11) is 0. The van der Waals surface area contributed by atoms with Gasteiger partial charge >= 0.3 is 0 Å². The van der Waals surface area contributed by atoms with Crippen LogP contribution in [0.3, 0.4) is 0 Å². The predicted molar refractivity (Wildman–Crippen MR) is 132 cm³/mol. The molecule has 0 amide bonds. The van der Waals surface area contributed by atoms with Crippen LogP contribution in [0, 0.1) is 0 Å². The molecule has 0 fully saturated rings. The van der Waals surface area contributed by atoms with Crippen molar-refractivity contribution in [2.45, 2.75) is 45.8 Å². The second-order valence-electron chi connectivity index (χ2n) is 9.40. The van der Waals surface area contributed by atoms with E-state index in [4.69, 9.17) is 26.1 Å². The Kier molecular flexibility index (Phi) is 5.48. The number of hydrogen-bond acceptors (Lipinski definition) is 6. The number of hydrogen-bond donors (Lipinski definition) is 1. The third-order valence-corrected chi connectivity index (χ3v) is 6.07. The van der Waals surface area contributed by atoms with E-state index in [2.05, 4.69) is 10.4 Å². The first-order valence-corrected chi connectivity index (χ1v) is 11.5. The summed E-state index contributed by atoms with van der Waals surface area (Å²) in [5.41, 5.74) is 1.98. The zero-order valence-corrected chi connectivity index (χ0v) is 20.3. The molecule has 0 saturated heterocycles. The number of aromatic nitrogens is 4. The van der Waals surface area contributed by atoms with Crippen LogP contribution in [0.1, 0.15) is 44.9 Å². The van der Waals surface area contributed by atoms with Crippen molar-refractivity contribution in [2.24, 2.45) is 0 Å². The van der Waals surface area contributed by atoms with E-state index >= 15 is 0 Å². The fraction of sp³-hybridized carbons (Fsp3) is 0.320. The van der Waals surface area contributed by atoms with Gasteiger partial charge in [-0.25, -0.2) is 4.68 Å². The molecule has 8 nitrogen and oxygen atoms in total. The van der Waals surface area contributed by atoms with Crippen molar-refractivity contribution in [2.75, 3.05) is 12.1 Å². The van der Waals surface area contributed by atoms with E-state index in [9.17, 15) is 4.79 Å². The maximum atomic E-state index is 13.6. The molecule has 4 aromatic rings. The molecule has 1 atom stereocenters. The normalized spacial score (nSPS) is 13.9. The molecule has 1 aliphatic heterocycles. The van der Waals surface area contributed by atoms with Crippen LogP contribution >= 0.6 is 11.6 Å². The van der Waals surface area contributed by atoms with Gasteiger partial charge in [-0.05, 0) is 63.1 Å². The molecule has 2 aromatic carbocycles. The van der Waals surface area contributed by atoms with Crippen LogP contribution in [0.5, 0.6) is 11.5 Å². The van der Waals surface area contributed by atoms with Gasteiger partial charge < -0.3 is 14.8 Å². The summed E-state index contributed by atoms with van der Waals surface area (Å²) in [5.74, 6) is 1.83. The Morgan fingerprint density at radius 3 is 2.59 bits per heavy atom. The van der Waals surface area contributed by atoms with Crippen LogP contribution in [0.2, 0.25) is 5.02 Å². The predicted octanol–water partition coefficient (Wildman–Crippen LogP) is 4.95. The molecule has 0 unspecified atom stereocenters. The number of halogens is 1. The van der Waals surface area contributed by atoms with E-state index < -0.39 is 0 Å². The highest BCUT2D eigenvalue weighted by Gasteiger charge is 2.23. The van der Waals surface area contributed by atoms with Gasteiger partial charge in [0.05, 0.1) is 24.3 Å². The van der Waals surface area contributed by atoms with Crippen molar-refractivity contribution in [3.05, 3.63) is 75.2 Å². The van der Waals surface area contributed by atoms with Crippen molar-refractivity contribution in [3.8, 4) is 11.5 Å². The number of nitrogens with zero attached hydrogens (tertiary/aromatic N) is 4. The standard InChI is InChI=1S/C25H26ClN5O3/c1-15(17-6-8-18(26)9-7-17)28-24-29-22-19(12-27-31(22)25(2,3)4)23(32)30(24)13-16-5-10-20-21(11-16)34-14-33-20/h5-12,15H,13-14H2,1-4H3,(H,28,29)/t15-/m1/s1. The zero-order chi connectivity index (χ0) is 24.0. The average molecular weight is 480 g/mol. The number of benzene rings is 2. The summed E-state index contributed by atoms with van der Waals surface area (Å²) in [6, 6.07) is 13.2. The van der Waals surface area contributed by atoms with Crippen LogP contribution in [0.4, 0.5) is 5.95 Å². The third kappa shape index (κ3) is 4.09. The van der Waals surface area contributed by atoms with Crippen molar-refractivity contribution in [1.29, 1.82) is 0 Å². The van der Waals surface area contributed by atoms with Gasteiger partial charge in [0.1, 0.15) is 5.39 Å². The fourth-order valence-corrected chi connectivity index (χ4v) is 4.13. The van der Waals surface area contributed by atoms with E-state index in [1.807, 2.05) is 70.2 Å². The van der Waals surface area contributed by atoms with E-state index in [-0.39, 0.29) is 23.9 Å². The molecule has 9 heteroatoms. The molecule has 34 heavy (non-hydrogen) atoms. The molecule has 1 aliphatic rings. The quantitative estimate of drug-likeness (QED) is 0.436. The minimum atomic E-state index is -0.330. The van der Waals surface area contributed by atoms with E-state index in [1.165, 1.54) is 0 Å². The van der Waals surface area contributed by atoms with Crippen LogP contribution in [-0.4, -0.2) is 26.1 Å².